The minimum Gasteiger partial charge on any atom is -0.444 e. The molecule has 0 unspecified atom stereocenters. The zero-order valence-electron chi connectivity index (χ0n) is 23.6. The summed E-state index contributed by atoms with van der Waals surface area (Å²) < 4.78 is 33.6. The van der Waals surface area contributed by atoms with Crippen LogP contribution in [0.3, 0.4) is 0 Å². The van der Waals surface area contributed by atoms with Crippen molar-refractivity contribution in [2.45, 2.75) is 102 Å². The molecule has 1 aliphatic carbocycles. The van der Waals surface area contributed by atoms with Crippen LogP contribution in [0, 0.1) is 5.92 Å². The molecule has 12 nitrogen and oxygen atoms in total. The lowest BCUT2D eigenvalue weighted by Crippen LogP contribution is -2.59. The molecule has 4 atom stereocenters. The average molecular weight is 570 g/mol. The third-order valence-corrected chi connectivity index (χ3v) is 8.93. The second-order valence-corrected chi connectivity index (χ2v) is 13.4. The zero-order chi connectivity index (χ0) is 29.0. The molecule has 0 aromatic rings. The fourth-order valence-electron chi connectivity index (χ4n) is 5.00. The number of ether oxygens (including phenoxy) is 1. The van der Waals surface area contributed by atoms with Crippen LogP contribution in [-0.2, 0) is 29.3 Å². The molecule has 2 fully saturated rings. The lowest BCUT2D eigenvalue weighted by atomic mass is 10.0. The van der Waals surface area contributed by atoms with Gasteiger partial charge in [-0.05, 0) is 59.3 Å². The number of nitrogens with one attached hydrogen (secondary N) is 3. The number of allylic oxidation sites excluding steroid dienone is 1. The van der Waals surface area contributed by atoms with E-state index in [-0.39, 0.29) is 24.8 Å². The molecule has 0 aromatic carbocycles. The predicted octanol–water partition coefficient (Wildman–Crippen LogP) is 1.58. The van der Waals surface area contributed by atoms with Crippen molar-refractivity contribution in [1.82, 2.24) is 24.6 Å². The lowest BCUT2D eigenvalue weighted by molar-refractivity contribution is -0.141. The molecule has 3 N–H and O–H groups in total. The van der Waals surface area contributed by atoms with Crippen molar-refractivity contribution < 1.29 is 32.3 Å². The van der Waals surface area contributed by atoms with Crippen molar-refractivity contribution in [3.8, 4) is 0 Å². The third kappa shape index (κ3) is 7.71. The number of carbonyl (C=O) groups excluding carboxylic acids is 4. The first-order chi connectivity index (χ1) is 18.2. The van der Waals surface area contributed by atoms with Crippen molar-refractivity contribution in [2.75, 3.05) is 20.1 Å². The number of alkyl carbamates (subject to hydrolysis) is 1. The van der Waals surface area contributed by atoms with Crippen molar-refractivity contribution in [2.24, 2.45) is 5.92 Å². The second kappa shape index (κ2) is 12.2. The van der Waals surface area contributed by atoms with Gasteiger partial charge in [-0.2, -0.15) is 12.7 Å². The fourth-order valence-corrected chi connectivity index (χ4v) is 5.91. The Labute approximate surface area is 231 Å². The highest BCUT2D eigenvalue weighted by Crippen LogP contribution is 2.45. The fraction of sp³-hybridized carbons (Fsp3) is 0.769. The van der Waals surface area contributed by atoms with E-state index >= 15 is 0 Å². The largest absolute Gasteiger partial charge is 0.444 e. The Morgan fingerprint density at radius 1 is 1.18 bits per heavy atom. The second-order valence-electron chi connectivity index (χ2n) is 11.6. The summed E-state index contributed by atoms with van der Waals surface area (Å²) in [5.74, 6) is -2.04. The van der Waals surface area contributed by atoms with Crippen molar-refractivity contribution in [3.63, 3.8) is 0 Å². The molecule has 1 saturated carbocycles. The Morgan fingerprint density at radius 2 is 1.90 bits per heavy atom. The molecule has 39 heavy (non-hydrogen) atoms. The van der Waals surface area contributed by atoms with Gasteiger partial charge in [-0.3, -0.25) is 14.4 Å². The van der Waals surface area contributed by atoms with Gasteiger partial charge in [0.15, 0.2) is 0 Å². The molecule has 2 aliphatic heterocycles. The SMILES string of the molecule is CCN(C)S(=O)(=O)NC(=O)[C@@]12C[C@H]1C=CCCCCC[C@H](NC(=O)OC(C)(C)C)C(=O)N1CCC[C@H]1C(=O)N2. The van der Waals surface area contributed by atoms with Crippen LogP contribution in [0.25, 0.3) is 0 Å². The van der Waals surface area contributed by atoms with Gasteiger partial charge in [-0.1, -0.05) is 31.9 Å². The Bertz CT molecular complexity index is 1090. The highest BCUT2D eigenvalue weighted by atomic mass is 32.2. The highest BCUT2D eigenvalue weighted by molar-refractivity contribution is 7.87. The van der Waals surface area contributed by atoms with Crippen molar-refractivity contribution in [3.05, 3.63) is 12.2 Å². The van der Waals surface area contributed by atoms with E-state index in [0.717, 1.165) is 23.6 Å². The Morgan fingerprint density at radius 3 is 2.56 bits per heavy atom. The molecule has 3 rings (SSSR count). The molecule has 0 spiro atoms. The number of amides is 4. The summed E-state index contributed by atoms with van der Waals surface area (Å²) in [6.07, 6.45) is 7.84. The van der Waals surface area contributed by atoms with Crippen LogP contribution in [0.1, 0.15) is 79.1 Å². The van der Waals surface area contributed by atoms with Crippen LogP contribution in [0.5, 0.6) is 0 Å². The number of hydrogen-bond acceptors (Lipinski definition) is 7. The molecule has 0 radical (unpaired) electrons. The first-order valence-electron chi connectivity index (χ1n) is 13.8. The molecule has 1 saturated heterocycles. The van der Waals surface area contributed by atoms with Crippen LogP contribution >= 0.6 is 0 Å². The molecule has 3 aliphatic rings. The van der Waals surface area contributed by atoms with E-state index in [9.17, 15) is 27.6 Å². The van der Waals surface area contributed by atoms with Gasteiger partial charge in [-0.25, -0.2) is 9.52 Å². The maximum atomic E-state index is 13.6. The molecule has 0 aromatic heterocycles. The maximum Gasteiger partial charge on any atom is 0.408 e. The highest BCUT2D eigenvalue weighted by Gasteiger charge is 2.61. The maximum absolute atomic E-state index is 13.6. The first-order valence-corrected chi connectivity index (χ1v) is 15.2. The molecular formula is C26H43N5O7S. The van der Waals surface area contributed by atoms with E-state index < -0.39 is 51.3 Å². The van der Waals surface area contributed by atoms with E-state index in [0.29, 0.717) is 32.2 Å². The molecule has 0 bridgehead atoms. The van der Waals surface area contributed by atoms with Crippen molar-refractivity contribution >= 4 is 34.0 Å². The Kier molecular flexibility index (Phi) is 9.69. The number of rotatable bonds is 5. The van der Waals surface area contributed by atoms with Gasteiger partial charge < -0.3 is 20.3 Å². The van der Waals surface area contributed by atoms with E-state index in [2.05, 4.69) is 15.4 Å². The standard InChI is InChI=1S/C26H43N5O7S/c1-6-30(5)39(36,37)29-23(34)26-17-18(26)13-10-8-7-9-11-14-19(27-24(35)38-25(2,3)4)22(33)31-16-12-15-20(31)21(32)28-26/h10,13,18-20H,6-9,11-12,14-17H2,1-5H3,(H,27,35)(H,28,32)(H,29,34)/t18-,19+,20+,26-/m1/s1. The van der Waals surface area contributed by atoms with Crippen LogP contribution < -0.4 is 15.4 Å². The van der Waals surface area contributed by atoms with Gasteiger partial charge in [0.05, 0.1) is 0 Å². The van der Waals surface area contributed by atoms with Crippen LogP contribution in [0.15, 0.2) is 12.2 Å². The monoisotopic (exact) mass is 569 g/mol. The summed E-state index contributed by atoms with van der Waals surface area (Å²) in [5, 5.41) is 5.50. The number of nitrogens with zero attached hydrogens (tertiary/aromatic N) is 2. The number of hydrogen-bond donors (Lipinski definition) is 3. The Balaban J connectivity index is 1.84. The van der Waals surface area contributed by atoms with Gasteiger partial charge in [-0.15, -0.1) is 0 Å². The third-order valence-electron chi connectivity index (χ3n) is 7.40. The minimum absolute atomic E-state index is 0.170. The van der Waals surface area contributed by atoms with Gasteiger partial charge in [0.2, 0.25) is 11.8 Å². The average Bonchev–Trinajstić information content (AvgIpc) is 3.30. The Hall–Kier alpha value is -2.67. The topological polar surface area (TPSA) is 154 Å². The summed E-state index contributed by atoms with van der Waals surface area (Å²) in [6, 6.07) is -1.69. The number of fused-ring (bicyclic) bond motifs is 2. The van der Waals surface area contributed by atoms with E-state index in [1.165, 1.54) is 11.9 Å². The van der Waals surface area contributed by atoms with Crippen LogP contribution in [-0.4, -0.2) is 84.8 Å². The first kappa shape index (κ1) is 30.9. The quantitative estimate of drug-likeness (QED) is 0.425. The summed E-state index contributed by atoms with van der Waals surface area (Å²) in [7, 11) is -2.71. The van der Waals surface area contributed by atoms with Gasteiger partial charge >= 0.3 is 16.3 Å². The predicted molar refractivity (Wildman–Crippen MR) is 144 cm³/mol. The van der Waals surface area contributed by atoms with E-state index in [1.807, 2.05) is 12.2 Å². The van der Waals surface area contributed by atoms with Gasteiger partial charge in [0.1, 0.15) is 23.2 Å². The molecule has 4 amide bonds. The minimum atomic E-state index is -4.07. The van der Waals surface area contributed by atoms with Crippen molar-refractivity contribution in [1.29, 1.82) is 0 Å². The number of carbonyl (C=O) groups is 4. The zero-order valence-corrected chi connectivity index (χ0v) is 24.4. The van der Waals surface area contributed by atoms with Gasteiger partial charge in [0.25, 0.3) is 5.91 Å². The van der Waals surface area contributed by atoms with E-state index in [1.54, 1.807) is 27.7 Å². The van der Waals surface area contributed by atoms with E-state index in [4.69, 9.17) is 4.74 Å². The van der Waals surface area contributed by atoms with Gasteiger partial charge in [0, 0.05) is 26.1 Å². The normalized spacial score (nSPS) is 28.5. The summed E-state index contributed by atoms with van der Waals surface area (Å²) >= 11 is 0. The molecular weight excluding hydrogens is 526 g/mol. The molecule has 2 heterocycles. The summed E-state index contributed by atoms with van der Waals surface area (Å²) in [6.45, 7) is 7.36. The molecule has 13 heteroatoms. The summed E-state index contributed by atoms with van der Waals surface area (Å²) in [4.78, 5) is 54.4. The smallest absolute Gasteiger partial charge is 0.408 e. The van der Waals surface area contributed by atoms with Crippen LogP contribution in [0.4, 0.5) is 4.79 Å². The summed E-state index contributed by atoms with van der Waals surface area (Å²) in [5.41, 5.74) is -2.15. The lowest BCUT2D eigenvalue weighted by Gasteiger charge is -2.30. The van der Waals surface area contributed by atoms with Crippen LogP contribution in [0.2, 0.25) is 0 Å². The molecule has 220 valence electrons.